The number of hydrogen-bond acceptors (Lipinski definition) is 5. The summed E-state index contributed by atoms with van der Waals surface area (Å²) in [6, 6.07) is 0. The SMILES string of the molecule is COCCOCCOC1CCC(N)(C(=O)O)C1. The molecule has 2 atom stereocenters. The van der Waals surface area contributed by atoms with Crippen LogP contribution in [0.4, 0.5) is 0 Å². The van der Waals surface area contributed by atoms with Crippen molar-refractivity contribution in [1.82, 2.24) is 0 Å². The molecular weight excluding hydrogens is 226 g/mol. The number of hydrogen-bond donors (Lipinski definition) is 2. The fraction of sp³-hybridized carbons (Fsp3) is 0.909. The summed E-state index contributed by atoms with van der Waals surface area (Å²) in [6.07, 6.45) is 1.47. The third-order valence-corrected chi connectivity index (χ3v) is 2.94. The third kappa shape index (κ3) is 4.59. The van der Waals surface area contributed by atoms with Gasteiger partial charge in [0, 0.05) is 13.5 Å². The molecule has 1 saturated carbocycles. The van der Waals surface area contributed by atoms with E-state index in [4.69, 9.17) is 25.1 Å². The van der Waals surface area contributed by atoms with E-state index in [-0.39, 0.29) is 6.10 Å². The lowest BCUT2D eigenvalue weighted by Gasteiger charge is -2.18. The lowest BCUT2D eigenvalue weighted by atomic mass is 10.00. The highest BCUT2D eigenvalue weighted by atomic mass is 16.5. The van der Waals surface area contributed by atoms with Crippen LogP contribution >= 0.6 is 0 Å². The minimum atomic E-state index is -1.11. The molecule has 6 heteroatoms. The number of carbonyl (C=O) groups is 1. The van der Waals surface area contributed by atoms with E-state index >= 15 is 0 Å². The summed E-state index contributed by atoms with van der Waals surface area (Å²) in [4.78, 5) is 10.9. The topological polar surface area (TPSA) is 91.0 Å². The molecule has 0 aromatic carbocycles. The first-order chi connectivity index (χ1) is 8.08. The molecule has 1 aliphatic carbocycles. The van der Waals surface area contributed by atoms with E-state index in [2.05, 4.69) is 0 Å². The molecular formula is C11H21NO5. The van der Waals surface area contributed by atoms with Crippen molar-refractivity contribution in [2.45, 2.75) is 30.9 Å². The first kappa shape index (κ1) is 14.4. The lowest BCUT2D eigenvalue weighted by Crippen LogP contribution is -2.45. The highest BCUT2D eigenvalue weighted by molar-refractivity contribution is 5.78. The van der Waals surface area contributed by atoms with Crippen LogP contribution in [-0.4, -0.2) is 56.3 Å². The number of rotatable bonds is 8. The van der Waals surface area contributed by atoms with E-state index in [0.717, 1.165) is 0 Å². The van der Waals surface area contributed by atoms with Gasteiger partial charge in [-0.15, -0.1) is 0 Å². The Balaban J connectivity index is 2.08. The summed E-state index contributed by atoms with van der Waals surface area (Å²) in [6.45, 7) is 2.06. The monoisotopic (exact) mass is 247 g/mol. The van der Waals surface area contributed by atoms with Gasteiger partial charge in [0.1, 0.15) is 5.54 Å². The molecule has 0 heterocycles. The van der Waals surface area contributed by atoms with Crippen molar-refractivity contribution in [2.24, 2.45) is 5.73 Å². The summed E-state index contributed by atoms with van der Waals surface area (Å²) >= 11 is 0. The van der Waals surface area contributed by atoms with Gasteiger partial charge in [0.05, 0.1) is 32.5 Å². The summed E-state index contributed by atoms with van der Waals surface area (Å²) in [5.74, 6) is -0.944. The molecule has 0 spiro atoms. The quantitative estimate of drug-likeness (QED) is 0.587. The van der Waals surface area contributed by atoms with Crippen molar-refractivity contribution in [3.05, 3.63) is 0 Å². The zero-order valence-corrected chi connectivity index (χ0v) is 10.2. The van der Waals surface area contributed by atoms with E-state index in [1.807, 2.05) is 0 Å². The molecule has 2 unspecified atom stereocenters. The molecule has 0 saturated heterocycles. The Kier molecular flexibility index (Phi) is 5.84. The molecule has 6 nitrogen and oxygen atoms in total. The van der Waals surface area contributed by atoms with Gasteiger partial charge >= 0.3 is 5.97 Å². The van der Waals surface area contributed by atoms with Gasteiger partial charge in [-0.25, -0.2) is 0 Å². The summed E-state index contributed by atoms with van der Waals surface area (Å²) < 4.78 is 15.6. The van der Waals surface area contributed by atoms with Crippen LogP contribution in [0.15, 0.2) is 0 Å². The number of carboxylic acids is 1. The van der Waals surface area contributed by atoms with Gasteiger partial charge in [0.25, 0.3) is 0 Å². The van der Waals surface area contributed by atoms with Crippen molar-refractivity contribution in [3.8, 4) is 0 Å². The minimum absolute atomic E-state index is 0.0675. The maximum atomic E-state index is 10.9. The molecule has 0 aromatic heterocycles. The molecule has 0 amide bonds. The third-order valence-electron chi connectivity index (χ3n) is 2.94. The van der Waals surface area contributed by atoms with Gasteiger partial charge in [-0.05, 0) is 12.8 Å². The predicted octanol–water partition coefficient (Wildman–Crippen LogP) is 0.000600. The van der Waals surface area contributed by atoms with Crippen molar-refractivity contribution >= 4 is 5.97 Å². The second-order valence-electron chi connectivity index (χ2n) is 4.30. The highest BCUT2D eigenvalue weighted by Gasteiger charge is 2.42. The van der Waals surface area contributed by atoms with Gasteiger partial charge in [0.15, 0.2) is 0 Å². The average Bonchev–Trinajstić information content (AvgIpc) is 2.67. The Bertz CT molecular complexity index is 248. The smallest absolute Gasteiger partial charge is 0.323 e. The fourth-order valence-corrected chi connectivity index (χ4v) is 1.88. The first-order valence-corrected chi connectivity index (χ1v) is 5.79. The largest absolute Gasteiger partial charge is 0.480 e. The standard InChI is InChI=1S/C11H21NO5/c1-15-4-5-16-6-7-17-9-2-3-11(12,8-9)10(13)14/h9H,2-8,12H2,1H3,(H,13,14). The number of aliphatic carboxylic acids is 1. The minimum Gasteiger partial charge on any atom is -0.480 e. The molecule has 100 valence electrons. The molecule has 0 aromatic rings. The Labute approximate surface area is 101 Å². The van der Waals surface area contributed by atoms with Crippen LogP contribution in [0.5, 0.6) is 0 Å². The Hall–Kier alpha value is -0.690. The highest BCUT2D eigenvalue weighted by Crippen LogP contribution is 2.29. The van der Waals surface area contributed by atoms with Crippen LogP contribution < -0.4 is 5.73 Å². The maximum absolute atomic E-state index is 10.9. The average molecular weight is 247 g/mol. The number of methoxy groups -OCH3 is 1. The Morgan fingerprint density at radius 1 is 1.41 bits per heavy atom. The number of nitrogens with two attached hydrogens (primary N) is 1. The first-order valence-electron chi connectivity index (χ1n) is 5.79. The second-order valence-corrected chi connectivity index (χ2v) is 4.30. The van der Waals surface area contributed by atoms with Crippen molar-refractivity contribution in [2.75, 3.05) is 33.5 Å². The number of ether oxygens (including phenoxy) is 3. The molecule has 1 fully saturated rings. The lowest BCUT2D eigenvalue weighted by molar-refractivity contribution is -0.143. The van der Waals surface area contributed by atoms with Crippen LogP contribution in [0.3, 0.4) is 0 Å². The van der Waals surface area contributed by atoms with E-state index in [1.165, 1.54) is 0 Å². The molecule has 0 bridgehead atoms. The summed E-state index contributed by atoms with van der Waals surface area (Å²) in [7, 11) is 1.62. The van der Waals surface area contributed by atoms with Gasteiger partial charge in [-0.3, -0.25) is 4.79 Å². The van der Waals surface area contributed by atoms with E-state index in [1.54, 1.807) is 7.11 Å². The Morgan fingerprint density at radius 3 is 2.71 bits per heavy atom. The molecule has 0 radical (unpaired) electrons. The molecule has 17 heavy (non-hydrogen) atoms. The van der Waals surface area contributed by atoms with Crippen molar-refractivity contribution < 1.29 is 24.1 Å². The molecule has 1 rings (SSSR count). The summed E-state index contributed by atoms with van der Waals surface area (Å²) in [5.41, 5.74) is 4.63. The molecule has 0 aliphatic heterocycles. The van der Waals surface area contributed by atoms with Crippen LogP contribution in [0.2, 0.25) is 0 Å². The Morgan fingerprint density at radius 2 is 2.12 bits per heavy atom. The van der Waals surface area contributed by atoms with Crippen LogP contribution in [0, 0.1) is 0 Å². The van der Waals surface area contributed by atoms with Crippen LogP contribution in [-0.2, 0) is 19.0 Å². The second kappa shape index (κ2) is 6.90. The van der Waals surface area contributed by atoms with Crippen LogP contribution in [0.1, 0.15) is 19.3 Å². The fourth-order valence-electron chi connectivity index (χ4n) is 1.88. The van der Waals surface area contributed by atoms with Crippen molar-refractivity contribution in [3.63, 3.8) is 0 Å². The zero-order chi connectivity index (χ0) is 12.7. The van der Waals surface area contributed by atoms with E-state index < -0.39 is 11.5 Å². The van der Waals surface area contributed by atoms with Gasteiger partial charge in [-0.1, -0.05) is 0 Å². The predicted molar refractivity (Wildman–Crippen MR) is 60.8 cm³/mol. The van der Waals surface area contributed by atoms with E-state index in [0.29, 0.717) is 45.7 Å². The van der Waals surface area contributed by atoms with Crippen LogP contribution in [0.25, 0.3) is 0 Å². The maximum Gasteiger partial charge on any atom is 0.323 e. The molecule has 1 aliphatic rings. The summed E-state index contributed by atoms with van der Waals surface area (Å²) in [5, 5.41) is 8.94. The van der Waals surface area contributed by atoms with Gasteiger partial charge in [0.2, 0.25) is 0 Å². The normalized spacial score (nSPS) is 28.5. The van der Waals surface area contributed by atoms with Crippen molar-refractivity contribution in [1.29, 1.82) is 0 Å². The molecule has 3 N–H and O–H groups in total. The van der Waals surface area contributed by atoms with E-state index in [9.17, 15) is 4.79 Å². The zero-order valence-electron chi connectivity index (χ0n) is 10.2. The van der Waals surface area contributed by atoms with Gasteiger partial charge < -0.3 is 25.1 Å². The van der Waals surface area contributed by atoms with Gasteiger partial charge in [-0.2, -0.15) is 0 Å². The number of carboxylic acid groups (broad SMARTS) is 1.